The Hall–Kier alpha value is -2.64. The molecule has 2 N–H and O–H groups in total. The zero-order valence-electron chi connectivity index (χ0n) is 20.3. The fraction of sp³-hybridized carbons (Fsp3) is 0.321. The summed E-state index contributed by atoms with van der Waals surface area (Å²) >= 11 is 5.01. The van der Waals surface area contributed by atoms with Crippen molar-refractivity contribution in [3.05, 3.63) is 96.4 Å². The molecule has 0 saturated heterocycles. The van der Waals surface area contributed by atoms with E-state index in [-0.39, 0.29) is 16.8 Å². The summed E-state index contributed by atoms with van der Waals surface area (Å²) in [6.07, 6.45) is 1.20. The minimum absolute atomic E-state index is 0.0926. The van der Waals surface area contributed by atoms with Crippen LogP contribution in [0.4, 0.5) is 5.82 Å². The molecule has 0 radical (unpaired) electrons. The summed E-state index contributed by atoms with van der Waals surface area (Å²) in [6, 6.07) is 14.2. The van der Waals surface area contributed by atoms with Gasteiger partial charge >= 0.3 is 0 Å². The molecule has 35 heavy (non-hydrogen) atoms. The number of rotatable bonds is 4. The predicted octanol–water partition coefficient (Wildman–Crippen LogP) is 6.64. The van der Waals surface area contributed by atoms with Crippen molar-refractivity contribution in [3.8, 4) is 0 Å². The Labute approximate surface area is 218 Å². The first-order valence-corrected chi connectivity index (χ1v) is 13.5. The number of anilines is 1. The molecule has 2 heterocycles. The number of fused-ring (bicyclic) bond motifs is 1. The number of hydrogen-bond donors (Lipinski definition) is 2. The molecular formula is C28H28BrN3O2S. The number of aromatic nitrogens is 2. The number of aromatic amines is 1. The van der Waals surface area contributed by atoms with Crippen molar-refractivity contribution in [3.63, 3.8) is 0 Å². The van der Waals surface area contributed by atoms with E-state index in [4.69, 9.17) is 4.98 Å². The Balaban J connectivity index is 1.57. The Morgan fingerprint density at radius 1 is 1.09 bits per heavy atom. The van der Waals surface area contributed by atoms with Gasteiger partial charge in [0.15, 0.2) is 10.9 Å². The molecule has 0 unspecified atom stereocenters. The van der Waals surface area contributed by atoms with Gasteiger partial charge in [-0.3, -0.25) is 9.59 Å². The molecule has 1 aliphatic carbocycles. The number of H-pyrrole nitrogens is 1. The highest BCUT2D eigenvalue weighted by molar-refractivity contribution is 9.10. The van der Waals surface area contributed by atoms with Gasteiger partial charge in [-0.25, -0.2) is 4.98 Å². The van der Waals surface area contributed by atoms with E-state index < -0.39 is 5.92 Å². The lowest BCUT2D eigenvalue weighted by atomic mass is 9.69. The van der Waals surface area contributed by atoms with Crippen LogP contribution in [0.25, 0.3) is 0 Å². The maximum absolute atomic E-state index is 13.5. The molecule has 3 aromatic rings. The van der Waals surface area contributed by atoms with Crippen LogP contribution in [0.2, 0.25) is 0 Å². The van der Waals surface area contributed by atoms with Crippen molar-refractivity contribution in [2.75, 3.05) is 5.32 Å². The zero-order valence-corrected chi connectivity index (χ0v) is 22.7. The van der Waals surface area contributed by atoms with Crippen LogP contribution in [0.1, 0.15) is 60.4 Å². The first kappa shape index (κ1) is 24.1. The van der Waals surface area contributed by atoms with Crippen LogP contribution in [0.5, 0.6) is 0 Å². The van der Waals surface area contributed by atoms with Gasteiger partial charge in [-0.05, 0) is 54.5 Å². The summed E-state index contributed by atoms with van der Waals surface area (Å²) in [6.45, 7) is 8.40. The number of carbonyl (C=O) groups is 1. The molecule has 0 bridgehead atoms. The van der Waals surface area contributed by atoms with E-state index in [9.17, 15) is 9.59 Å². The van der Waals surface area contributed by atoms with Crippen molar-refractivity contribution < 1.29 is 4.79 Å². The molecule has 0 spiro atoms. The molecular weight excluding hydrogens is 522 g/mol. The van der Waals surface area contributed by atoms with Crippen molar-refractivity contribution in [2.24, 2.45) is 5.41 Å². The van der Waals surface area contributed by atoms with E-state index in [1.807, 2.05) is 24.3 Å². The van der Waals surface area contributed by atoms with E-state index in [1.54, 1.807) is 0 Å². The molecule has 1 aliphatic heterocycles. The minimum atomic E-state index is -0.437. The van der Waals surface area contributed by atoms with Crippen molar-refractivity contribution in [1.82, 2.24) is 9.97 Å². The zero-order chi connectivity index (χ0) is 24.9. The molecule has 0 amide bonds. The normalized spacial score (nSPS) is 18.7. The minimum Gasteiger partial charge on any atom is -0.343 e. The van der Waals surface area contributed by atoms with Crippen molar-refractivity contribution >= 4 is 39.3 Å². The summed E-state index contributed by atoms with van der Waals surface area (Å²) in [5.41, 5.74) is 6.32. The monoisotopic (exact) mass is 549 g/mol. The molecule has 0 fully saturated rings. The number of ketones is 1. The highest BCUT2D eigenvalue weighted by Crippen LogP contribution is 2.47. The first-order valence-electron chi connectivity index (χ1n) is 11.7. The quantitative estimate of drug-likeness (QED) is 0.281. The van der Waals surface area contributed by atoms with E-state index in [0.717, 1.165) is 22.2 Å². The second-order valence-corrected chi connectivity index (χ2v) is 12.2. The van der Waals surface area contributed by atoms with Gasteiger partial charge in [-0.15, -0.1) is 0 Å². The highest BCUT2D eigenvalue weighted by Gasteiger charge is 2.42. The van der Waals surface area contributed by atoms with Crippen molar-refractivity contribution in [1.29, 1.82) is 0 Å². The standard InChI is InChI=1S/C28H28BrN3O2S/c1-15-5-6-18(16(2)11-15)14-35-27-31-25-24(26(34)32-27)22(17-7-9-19(29)10-8-17)23-20(30-25)12-28(3,4)13-21(23)33/h5-11,22H,12-14H2,1-4H3,(H2,30,31,32,34)/t22-/m0/s1. The van der Waals surface area contributed by atoms with Crippen LogP contribution in [0.3, 0.4) is 0 Å². The number of nitrogens with zero attached hydrogens (tertiary/aromatic N) is 1. The maximum atomic E-state index is 13.5. The Morgan fingerprint density at radius 3 is 2.54 bits per heavy atom. The topological polar surface area (TPSA) is 74.8 Å². The molecule has 2 aromatic carbocycles. The molecule has 2 aliphatic rings. The SMILES string of the molecule is Cc1ccc(CSc2nc3c(c(=O)[nH]2)[C@@H](c2ccc(Br)cc2)C2=C(CC(C)(C)CC2=O)N3)c(C)c1. The molecule has 7 heteroatoms. The number of thioether (sulfide) groups is 1. The van der Waals surface area contributed by atoms with Gasteiger partial charge in [-0.2, -0.15) is 0 Å². The molecule has 1 aromatic heterocycles. The Morgan fingerprint density at radius 2 is 1.83 bits per heavy atom. The molecule has 1 atom stereocenters. The van der Waals surface area contributed by atoms with Gasteiger partial charge in [0.25, 0.3) is 5.56 Å². The third-order valence-electron chi connectivity index (χ3n) is 6.77. The molecule has 180 valence electrons. The van der Waals surface area contributed by atoms with Crippen LogP contribution in [0, 0.1) is 19.3 Å². The average Bonchev–Trinajstić information content (AvgIpc) is 2.77. The predicted molar refractivity (Wildman–Crippen MR) is 145 cm³/mol. The van der Waals surface area contributed by atoms with E-state index in [1.165, 1.54) is 28.5 Å². The van der Waals surface area contributed by atoms with Gasteiger partial charge in [-0.1, -0.05) is 77.4 Å². The third kappa shape index (κ3) is 4.76. The van der Waals surface area contributed by atoms with Crippen LogP contribution >= 0.6 is 27.7 Å². The lowest BCUT2D eigenvalue weighted by Gasteiger charge is -2.38. The highest BCUT2D eigenvalue weighted by atomic mass is 79.9. The number of hydrogen-bond acceptors (Lipinski definition) is 5. The molecule has 5 rings (SSSR count). The maximum Gasteiger partial charge on any atom is 0.257 e. The fourth-order valence-corrected chi connectivity index (χ4v) is 6.31. The number of benzene rings is 2. The Bertz CT molecular complexity index is 1420. The number of Topliss-reactive ketones (excluding diaryl/α,β-unsaturated/α-hetero) is 1. The van der Waals surface area contributed by atoms with E-state index in [2.05, 4.69) is 72.1 Å². The van der Waals surface area contributed by atoms with Crippen LogP contribution in [0.15, 0.2) is 68.2 Å². The number of aryl methyl sites for hydroxylation is 2. The van der Waals surface area contributed by atoms with Crippen LogP contribution in [-0.2, 0) is 10.5 Å². The molecule has 5 nitrogen and oxygen atoms in total. The average molecular weight is 551 g/mol. The largest absolute Gasteiger partial charge is 0.343 e. The number of nitrogens with one attached hydrogen (secondary N) is 2. The second-order valence-electron chi connectivity index (χ2n) is 10.3. The fourth-order valence-electron chi connectivity index (χ4n) is 5.10. The second kappa shape index (κ2) is 9.10. The summed E-state index contributed by atoms with van der Waals surface area (Å²) in [5, 5.41) is 3.97. The smallest absolute Gasteiger partial charge is 0.257 e. The lowest BCUT2D eigenvalue weighted by molar-refractivity contribution is -0.118. The summed E-state index contributed by atoms with van der Waals surface area (Å²) in [7, 11) is 0. The number of allylic oxidation sites excluding steroid dienone is 2. The summed E-state index contributed by atoms with van der Waals surface area (Å²) < 4.78 is 0.950. The Kier molecular flexibility index (Phi) is 6.26. The van der Waals surface area contributed by atoms with Gasteiger partial charge in [0.2, 0.25) is 0 Å². The van der Waals surface area contributed by atoms with Crippen LogP contribution in [-0.4, -0.2) is 15.8 Å². The van der Waals surface area contributed by atoms with Gasteiger partial charge < -0.3 is 10.3 Å². The van der Waals surface area contributed by atoms with E-state index >= 15 is 0 Å². The van der Waals surface area contributed by atoms with Crippen molar-refractivity contribution in [2.45, 2.75) is 57.4 Å². The molecule has 0 saturated carbocycles. The number of carbonyl (C=O) groups excluding carboxylic acids is 1. The third-order valence-corrected chi connectivity index (χ3v) is 8.22. The summed E-state index contributed by atoms with van der Waals surface area (Å²) in [5.74, 6) is 0.917. The van der Waals surface area contributed by atoms with Gasteiger partial charge in [0, 0.05) is 33.8 Å². The van der Waals surface area contributed by atoms with Crippen LogP contribution < -0.4 is 10.9 Å². The van der Waals surface area contributed by atoms with E-state index in [0.29, 0.717) is 34.3 Å². The van der Waals surface area contributed by atoms with Gasteiger partial charge in [0.05, 0.1) is 5.56 Å². The number of halogens is 1. The summed E-state index contributed by atoms with van der Waals surface area (Å²) in [4.78, 5) is 34.7. The van der Waals surface area contributed by atoms with Gasteiger partial charge in [0.1, 0.15) is 5.82 Å². The lowest BCUT2D eigenvalue weighted by Crippen LogP contribution is -2.37. The first-order chi connectivity index (χ1) is 16.6.